The Hall–Kier alpha value is -3.58. The van der Waals surface area contributed by atoms with Crippen LogP contribution in [0.4, 0.5) is 5.13 Å². The van der Waals surface area contributed by atoms with E-state index >= 15 is 0 Å². The molecule has 0 fully saturated rings. The van der Waals surface area contributed by atoms with Gasteiger partial charge in [0.05, 0.1) is 29.6 Å². The van der Waals surface area contributed by atoms with Gasteiger partial charge in [-0.3, -0.25) is 9.69 Å². The minimum atomic E-state index is -0.288. The molecule has 0 unspecified atom stereocenters. The van der Waals surface area contributed by atoms with E-state index in [9.17, 15) is 4.79 Å². The number of thiazole rings is 1. The molecule has 1 amide bonds. The zero-order valence-corrected chi connectivity index (χ0v) is 17.0. The topological polar surface area (TPSA) is 68.7 Å². The lowest BCUT2D eigenvalue weighted by atomic mass is 10.2. The highest BCUT2D eigenvalue weighted by Crippen LogP contribution is 2.33. The molecule has 0 aliphatic carbocycles. The highest BCUT2D eigenvalue weighted by atomic mass is 32.1. The lowest BCUT2D eigenvalue weighted by Gasteiger charge is -2.17. The maximum atomic E-state index is 13.5. The Morgan fingerprint density at radius 2 is 2.03 bits per heavy atom. The molecule has 30 heavy (non-hydrogen) atoms. The number of carbonyl (C=O) groups excluding carboxylic acids is 1. The Morgan fingerprint density at radius 1 is 1.13 bits per heavy atom. The second-order valence-electron chi connectivity index (χ2n) is 6.65. The van der Waals surface area contributed by atoms with Crippen LogP contribution in [-0.2, 0) is 6.54 Å². The van der Waals surface area contributed by atoms with Crippen LogP contribution in [0, 0.1) is 0 Å². The molecule has 3 heterocycles. The van der Waals surface area contributed by atoms with Crippen molar-refractivity contribution >= 4 is 43.6 Å². The van der Waals surface area contributed by atoms with Gasteiger partial charge in [-0.25, -0.2) is 4.98 Å². The molecule has 0 aliphatic heterocycles. The fraction of sp³-hybridized carbons (Fsp3) is 0.130. The van der Waals surface area contributed by atoms with Gasteiger partial charge in [-0.2, -0.15) is 0 Å². The van der Waals surface area contributed by atoms with Gasteiger partial charge < -0.3 is 13.6 Å². The molecule has 7 heteroatoms. The third-order valence-electron chi connectivity index (χ3n) is 4.67. The number of hydrogen-bond donors (Lipinski definition) is 0. The summed E-state index contributed by atoms with van der Waals surface area (Å²) in [6, 6.07) is 18.8. The Kier molecular flexibility index (Phi) is 4.72. The second kappa shape index (κ2) is 7.68. The zero-order chi connectivity index (χ0) is 20.5. The van der Waals surface area contributed by atoms with Crippen molar-refractivity contribution in [2.45, 2.75) is 13.5 Å². The van der Waals surface area contributed by atoms with E-state index < -0.39 is 0 Å². The summed E-state index contributed by atoms with van der Waals surface area (Å²) >= 11 is 1.45. The highest BCUT2D eigenvalue weighted by Gasteiger charge is 2.26. The minimum Gasteiger partial charge on any atom is -0.490 e. The Morgan fingerprint density at radius 3 is 2.83 bits per heavy atom. The molecule has 0 atom stereocenters. The van der Waals surface area contributed by atoms with Crippen molar-refractivity contribution in [3.05, 3.63) is 78.4 Å². The van der Waals surface area contributed by atoms with Gasteiger partial charge in [-0.15, -0.1) is 0 Å². The van der Waals surface area contributed by atoms with E-state index in [0.29, 0.717) is 28.8 Å². The predicted octanol–water partition coefficient (Wildman–Crippen LogP) is 5.88. The molecule has 0 aliphatic rings. The molecule has 0 saturated heterocycles. The molecule has 0 radical (unpaired) electrons. The van der Waals surface area contributed by atoms with Crippen molar-refractivity contribution in [2.24, 2.45) is 0 Å². The van der Waals surface area contributed by atoms with Gasteiger partial charge in [-0.05, 0) is 43.3 Å². The number of amides is 1. The maximum Gasteiger partial charge on any atom is 0.296 e. The van der Waals surface area contributed by atoms with Crippen LogP contribution in [-0.4, -0.2) is 17.5 Å². The van der Waals surface area contributed by atoms with Crippen molar-refractivity contribution in [3.63, 3.8) is 0 Å². The number of carbonyl (C=O) groups is 1. The summed E-state index contributed by atoms with van der Waals surface area (Å²) in [5.74, 6) is 1.22. The molecule has 0 spiro atoms. The van der Waals surface area contributed by atoms with Crippen molar-refractivity contribution < 1.29 is 18.4 Å². The maximum absolute atomic E-state index is 13.5. The fourth-order valence-electron chi connectivity index (χ4n) is 3.30. The molecule has 6 nitrogen and oxygen atoms in total. The zero-order valence-electron chi connectivity index (χ0n) is 16.2. The predicted molar refractivity (Wildman–Crippen MR) is 116 cm³/mol. The van der Waals surface area contributed by atoms with E-state index in [4.69, 9.17) is 13.6 Å². The fourth-order valence-corrected chi connectivity index (χ4v) is 4.27. The van der Waals surface area contributed by atoms with Gasteiger partial charge in [0.15, 0.2) is 22.2 Å². The molecule has 3 aromatic heterocycles. The normalized spacial score (nSPS) is 11.2. The summed E-state index contributed by atoms with van der Waals surface area (Å²) < 4.78 is 18.1. The highest BCUT2D eigenvalue weighted by molar-refractivity contribution is 7.22. The summed E-state index contributed by atoms with van der Waals surface area (Å²) in [5.41, 5.74) is 1.41. The number of furan rings is 2. The van der Waals surface area contributed by atoms with Crippen LogP contribution >= 0.6 is 11.3 Å². The SMILES string of the molecule is CCOc1cccc2cc(C(=O)N(Cc3ccco3)c3nc4ccccc4s3)oc12. The number of benzene rings is 2. The summed E-state index contributed by atoms with van der Waals surface area (Å²) in [6.07, 6.45) is 1.59. The first-order valence-corrected chi connectivity index (χ1v) is 10.4. The molecule has 2 aromatic carbocycles. The van der Waals surface area contributed by atoms with E-state index in [2.05, 4.69) is 4.98 Å². The Labute approximate surface area is 176 Å². The first kappa shape index (κ1) is 18.4. The van der Waals surface area contributed by atoms with Gasteiger partial charge >= 0.3 is 0 Å². The lowest BCUT2D eigenvalue weighted by Crippen LogP contribution is -2.29. The van der Waals surface area contributed by atoms with E-state index in [1.54, 1.807) is 23.3 Å². The number of rotatable bonds is 6. The number of ether oxygens (including phenoxy) is 1. The molecular weight excluding hydrogens is 400 g/mol. The number of anilines is 1. The van der Waals surface area contributed by atoms with Gasteiger partial charge in [0.2, 0.25) is 0 Å². The van der Waals surface area contributed by atoms with Gasteiger partial charge in [-0.1, -0.05) is 35.6 Å². The summed E-state index contributed by atoms with van der Waals surface area (Å²) in [5, 5.41) is 1.40. The van der Waals surface area contributed by atoms with Crippen LogP contribution in [0.25, 0.3) is 21.2 Å². The standard InChI is InChI=1S/C23H18N2O4S/c1-2-27-18-10-5-7-15-13-19(29-21(15)18)22(26)25(14-16-8-6-12-28-16)23-24-17-9-3-4-11-20(17)30-23/h3-13H,2,14H2,1H3. The third kappa shape index (κ3) is 3.33. The van der Waals surface area contributed by atoms with Gasteiger partial charge in [0, 0.05) is 5.39 Å². The van der Waals surface area contributed by atoms with Crippen LogP contribution in [0.1, 0.15) is 23.2 Å². The van der Waals surface area contributed by atoms with Crippen molar-refractivity contribution in [1.29, 1.82) is 0 Å². The summed E-state index contributed by atoms with van der Waals surface area (Å²) in [7, 11) is 0. The minimum absolute atomic E-state index is 0.225. The molecular formula is C23H18N2O4S. The number of nitrogens with zero attached hydrogens (tertiary/aromatic N) is 2. The number of para-hydroxylation sites is 2. The molecule has 0 bridgehead atoms. The third-order valence-corrected chi connectivity index (χ3v) is 5.73. The van der Waals surface area contributed by atoms with Crippen molar-refractivity contribution in [3.8, 4) is 5.75 Å². The van der Waals surface area contributed by atoms with E-state index in [1.807, 2.05) is 55.5 Å². The van der Waals surface area contributed by atoms with Crippen LogP contribution < -0.4 is 9.64 Å². The van der Waals surface area contributed by atoms with Crippen LogP contribution in [0.5, 0.6) is 5.75 Å². The first-order chi connectivity index (χ1) is 14.7. The van der Waals surface area contributed by atoms with Gasteiger partial charge in [0.1, 0.15) is 5.76 Å². The van der Waals surface area contributed by atoms with Crippen molar-refractivity contribution in [2.75, 3.05) is 11.5 Å². The van der Waals surface area contributed by atoms with Crippen LogP contribution in [0.2, 0.25) is 0 Å². The molecule has 5 rings (SSSR count). The number of hydrogen-bond acceptors (Lipinski definition) is 6. The average Bonchev–Trinajstić information content (AvgIpc) is 3.50. The summed E-state index contributed by atoms with van der Waals surface area (Å²) in [6.45, 7) is 2.67. The quantitative estimate of drug-likeness (QED) is 0.344. The van der Waals surface area contributed by atoms with E-state index in [0.717, 1.165) is 15.6 Å². The second-order valence-corrected chi connectivity index (χ2v) is 7.66. The Bertz CT molecular complexity index is 1290. The largest absolute Gasteiger partial charge is 0.490 e. The monoisotopic (exact) mass is 418 g/mol. The average molecular weight is 418 g/mol. The molecule has 0 saturated carbocycles. The first-order valence-electron chi connectivity index (χ1n) is 9.58. The molecule has 150 valence electrons. The molecule has 5 aromatic rings. The van der Waals surface area contributed by atoms with Gasteiger partial charge in [0.25, 0.3) is 5.91 Å². The smallest absolute Gasteiger partial charge is 0.296 e. The number of aromatic nitrogens is 1. The van der Waals surface area contributed by atoms with Crippen molar-refractivity contribution in [1.82, 2.24) is 4.98 Å². The van der Waals surface area contributed by atoms with Crippen LogP contribution in [0.15, 0.2) is 75.8 Å². The summed E-state index contributed by atoms with van der Waals surface area (Å²) in [4.78, 5) is 19.7. The molecule has 0 N–H and O–H groups in total. The van der Waals surface area contributed by atoms with Crippen LogP contribution in [0.3, 0.4) is 0 Å². The number of fused-ring (bicyclic) bond motifs is 2. The lowest BCUT2D eigenvalue weighted by molar-refractivity contribution is 0.0958. The van der Waals surface area contributed by atoms with E-state index in [-0.39, 0.29) is 18.2 Å². The Balaban J connectivity index is 1.57. The van der Waals surface area contributed by atoms with E-state index in [1.165, 1.54) is 11.3 Å².